The summed E-state index contributed by atoms with van der Waals surface area (Å²) < 4.78 is 92.2. The number of carbonyl (C=O) groups is 3. The highest BCUT2D eigenvalue weighted by molar-refractivity contribution is 5.84. The van der Waals surface area contributed by atoms with Gasteiger partial charge < -0.3 is 19.7 Å². The molecule has 0 aliphatic heterocycles. The van der Waals surface area contributed by atoms with Gasteiger partial charge in [0.1, 0.15) is 5.60 Å². The summed E-state index contributed by atoms with van der Waals surface area (Å²) in [5.41, 5.74) is -4.99. The number of carbonyl (C=O) groups excluding carboxylic acids is 3. The summed E-state index contributed by atoms with van der Waals surface area (Å²) in [6.45, 7) is 12.7. The molecule has 1 unspecified atom stereocenters. The number of amides is 2. The van der Waals surface area contributed by atoms with Crippen molar-refractivity contribution < 1.29 is 50.2 Å². The fourth-order valence-corrected chi connectivity index (χ4v) is 6.30. The Bertz CT molecular complexity index is 1480. The zero-order valence-corrected chi connectivity index (χ0v) is 30.4. The van der Waals surface area contributed by atoms with Crippen LogP contribution in [0, 0.1) is 0 Å². The number of methoxy groups -OCH3 is 1. The number of rotatable bonds is 10. The van der Waals surface area contributed by atoms with Crippen LogP contribution in [0.5, 0.6) is 0 Å². The van der Waals surface area contributed by atoms with Gasteiger partial charge in [-0.05, 0) is 103 Å². The molecule has 1 saturated carbocycles. The third kappa shape index (κ3) is 11.3. The summed E-state index contributed by atoms with van der Waals surface area (Å²) in [7, 11) is 1.28. The minimum atomic E-state index is -5.05. The molecule has 2 aromatic rings. The number of alkyl halides is 6. The minimum absolute atomic E-state index is 0.0369. The van der Waals surface area contributed by atoms with E-state index in [1.807, 2.05) is 37.8 Å². The summed E-state index contributed by atoms with van der Waals surface area (Å²) in [5.74, 6) is -2.55. The lowest BCUT2D eigenvalue weighted by Crippen LogP contribution is -2.55. The molecule has 0 saturated heterocycles. The molecule has 8 nitrogen and oxygen atoms in total. The van der Waals surface area contributed by atoms with Crippen molar-refractivity contribution in [2.24, 2.45) is 0 Å². The van der Waals surface area contributed by atoms with Crippen LogP contribution in [0.1, 0.15) is 102 Å². The molecule has 0 heterocycles. The number of nitrogens with zero attached hydrogens (tertiary/aromatic N) is 2. The monoisotopic (exact) mass is 729 g/mol. The van der Waals surface area contributed by atoms with Gasteiger partial charge in [0.05, 0.1) is 36.2 Å². The molecule has 284 valence electrons. The fourth-order valence-electron chi connectivity index (χ4n) is 6.30. The van der Waals surface area contributed by atoms with E-state index in [1.165, 1.54) is 14.0 Å². The molecule has 1 N–H and O–H groups in total. The maximum atomic E-state index is 13.8. The quantitative estimate of drug-likeness (QED) is 0.196. The Labute approximate surface area is 295 Å². The average Bonchev–Trinajstić information content (AvgIpc) is 3.02. The zero-order chi connectivity index (χ0) is 38.6. The lowest BCUT2D eigenvalue weighted by molar-refractivity contribution is -0.144. The maximum Gasteiger partial charge on any atom is 0.416 e. The van der Waals surface area contributed by atoms with Crippen molar-refractivity contribution in [3.05, 3.63) is 70.8 Å². The minimum Gasteiger partial charge on any atom is -0.468 e. The van der Waals surface area contributed by atoms with E-state index in [0.717, 1.165) is 5.56 Å². The topological polar surface area (TPSA) is 88.2 Å². The predicted octanol–water partition coefficient (Wildman–Crippen LogP) is 8.29. The third-order valence-corrected chi connectivity index (χ3v) is 9.11. The standard InChI is InChI=1S/C37H49F6N3O5/c1-24(25-20-27(36(38,39)40)22-28(21-25)37(41,42)43)31(48)44-35(26-12-10-9-11-13-26)16-14-29(15-17-35)45(23-30(47)50-8)18-19-46(33(2,3)4)32(49)51-34(5,6)7/h9-13,20-22,24,29H,14-19,23H2,1-8H3,(H,44,48)/t24?,29-,35+. The summed E-state index contributed by atoms with van der Waals surface area (Å²) in [6.07, 6.45) is -8.98. The molecule has 0 spiro atoms. The molecule has 0 bridgehead atoms. The second kappa shape index (κ2) is 15.8. The second-order valence-electron chi connectivity index (χ2n) is 15.1. The first-order valence-electron chi connectivity index (χ1n) is 16.8. The number of hydrogen-bond donors (Lipinski definition) is 1. The Morgan fingerprint density at radius 3 is 1.84 bits per heavy atom. The van der Waals surface area contributed by atoms with E-state index in [1.54, 1.807) is 43.9 Å². The molecule has 1 atom stereocenters. The Kier molecular flexibility index (Phi) is 12.9. The van der Waals surface area contributed by atoms with Crippen LogP contribution in [0.2, 0.25) is 0 Å². The lowest BCUT2D eigenvalue weighted by Gasteiger charge is -2.45. The van der Waals surface area contributed by atoms with Crippen molar-refractivity contribution in [3.63, 3.8) is 0 Å². The van der Waals surface area contributed by atoms with Crippen LogP contribution >= 0.6 is 0 Å². The molecular formula is C37H49F6N3O5. The molecule has 1 aliphatic carbocycles. The Morgan fingerprint density at radius 2 is 1.39 bits per heavy atom. The van der Waals surface area contributed by atoms with Gasteiger partial charge in [0.15, 0.2) is 0 Å². The highest BCUT2D eigenvalue weighted by Gasteiger charge is 2.42. The number of benzene rings is 2. The molecule has 2 amide bonds. The fraction of sp³-hybridized carbons (Fsp3) is 0.595. The van der Waals surface area contributed by atoms with E-state index >= 15 is 0 Å². The Morgan fingerprint density at radius 1 is 0.863 bits per heavy atom. The van der Waals surface area contributed by atoms with Crippen LogP contribution in [0.25, 0.3) is 0 Å². The molecule has 3 rings (SSSR count). The summed E-state index contributed by atoms with van der Waals surface area (Å²) >= 11 is 0. The van der Waals surface area contributed by atoms with E-state index in [4.69, 9.17) is 9.47 Å². The van der Waals surface area contributed by atoms with Crippen LogP contribution in [0.3, 0.4) is 0 Å². The van der Waals surface area contributed by atoms with Gasteiger partial charge in [-0.3, -0.25) is 14.5 Å². The second-order valence-corrected chi connectivity index (χ2v) is 15.1. The largest absolute Gasteiger partial charge is 0.468 e. The highest BCUT2D eigenvalue weighted by Crippen LogP contribution is 2.41. The van der Waals surface area contributed by atoms with Crippen molar-refractivity contribution >= 4 is 18.0 Å². The number of halogens is 6. The van der Waals surface area contributed by atoms with Crippen LogP contribution in [-0.4, -0.2) is 71.7 Å². The van der Waals surface area contributed by atoms with Crippen molar-refractivity contribution in [1.82, 2.24) is 15.1 Å². The van der Waals surface area contributed by atoms with E-state index in [9.17, 15) is 40.7 Å². The van der Waals surface area contributed by atoms with Crippen LogP contribution in [0.15, 0.2) is 48.5 Å². The van der Waals surface area contributed by atoms with E-state index in [-0.39, 0.29) is 25.2 Å². The SMILES string of the molecule is COC(=O)CN(CCN(C(=O)OC(C)(C)C)C(C)(C)C)[C@H]1CC[C@](NC(=O)C(C)c2cc(C(F)(F)F)cc(C(F)(F)F)c2)(c2ccccc2)CC1. The first-order valence-corrected chi connectivity index (χ1v) is 16.8. The first kappa shape index (κ1) is 41.6. The van der Waals surface area contributed by atoms with Gasteiger partial charge in [0.25, 0.3) is 0 Å². The van der Waals surface area contributed by atoms with Crippen LogP contribution in [0.4, 0.5) is 31.1 Å². The Hall–Kier alpha value is -3.81. The molecule has 0 aromatic heterocycles. The van der Waals surface area contributed by atoms with Gasteiger partial charge in [-0.25, -0.2) is 4.79 Å². The highest BCUT2D eigenvalue weighted by atomic mass is 19.4. The van der Waals surface area contributed by atoms with Gasteiger partial charge in [-0.2, -0.15) is 26.3 Å². The molecule has 1 aliphatic rings. The van der Waals surface area contributed by atoms with E-state index < -0.39 is 69.6 Å². The summed E-state index contributed by atoms with van der Waals surface area (Å²) in [5, 5.41) is 3.00. The molecule has 1 fully saturated rings. The number of hydrogen-bond acceptors (Lipinski definition) is 6. The van der Waals surface area contributed by atoms with Crippen molar-refractivity contribution in [1.29, 1.82) is 0 Å². The number of esters is 1. The smallest absolute Gasteiger partial charge is 0.416 e. The van der Waals surface area contributed by atoms with Crippen molar-refractivity contribution in [3.8, 4) is 0 Å². The molecular weight excluding hydrogens is 680 g/mol. The summed E-state index contributed by atoms with van der Waals surface area (Å²) in [6, 6.07) is 9.98. The maximum absolute atomic E-state index is 13.8. The predicted molar refractivity (Wildman–Crippen MR) is 180 cm³/mol. The van der Waals surface area contributed by atoms with E-state index in [2.05, 4.69) is 5.32 Å². The van der Waals surface area contributed by atoms with Gasteiger partial charge in [0.2, 0.25) is 5.91 Å². The van der Waals surface area contributed by atoms with Gasteiger partial charge >= 0.3 is 24.4 Å². The number of nitrogens with one attached hydrogen (secondary N) is 1. The lowest BCUT2D eigenvalue weighted by atomic mass is 9.74. The molecule has 2 aromatic carbocycles. The average molecular weight is 730 g/mol. The number of ether oxygens (including phenoxy) is 2. The molecule has 51 heavy (non-hydrogen) atoms. The van der Waals surface area contributed by atoms with Crippen molar-refractivity contribution in [2.45, 2.75) is 115 Å². The van der Waals surface area contributed by atoms with Crippen LogP contribution < -0.4 is 5.32 Å². The van der Waals surface area contributed by atoms with Crippen molar-refractivity contribution in [2.75, 3.05) is 26.7 Å². The van der Waals surface area contributed by atoms with E-state index in [0.29, 0.717) is 44.4 Å². The van der Waals surface area contributed by atoms with Crippen LogP contribution in [-0.2, 0) is 37.0 Å². The molecule has 14 heteroatoms. The Balaban J connectivity index is 1.89. The van der Waals surface area contributed by atoms with Gasteiger partial charge in [-0.15, -0.1) is 0 Å². The van der Waals surface area contributed by atoms with Gasteiger partial charge in [0, 0.05) is 24.7 Å². The normalized spacial score (nSPS) is 19.3. The summed E-state index contributed by atoms with van der Waals surface area (Å²) in [4.78, 5) is 43.0. The third-order valence-electron chi connectivity index (χ3n) is 9.11. The van der Waals surface area contributed by atoms with Gasteiger partial charge in [-0.1, -0.05) is 30.3 Å². The first-order chi connectivity index (χ1) is 23.4. The molecule has 0 radical (unpaired) electrons. The zero-order valence-electron chi connectivity index (χ0n) is 30.4.